The van der Waals surface area contributed by atoms with Gasteiger partial charge in [0.1, 0.15) is 0 Å². The van der Waals surface area contributed by atoms with Crippen molar-refractivity contribution in [2.45, 2.75) is 64.5 Å². The average molecular weight is 272 g/mol. The topological polar surface area (TPSA) is 0 Å². The third kappa shape index (κ3) is 4.88. The van der Waals surface area contributed by atoms with Crippen LogP contribution < -0.4 is 0 Å². The standard InChI is InChI=1S/C16H23F3/c1-4-5-6-7-12-15(2,3)13-8-10-14(11-9-13)16(17,18)19/h8-11H,4-7,12H2,1-3H3. The van der Waals surface area contributed by atoms with Gasteiger partial charge < -0.3 is 0 Å². The summed E-state index contributed by atoms with van der Waals surface area (Å²) in [6, 6.07) is 5.59. The van der Waals surface area contributed by atoms with Gasteiger partial charge in [0, 0.05) is 0 Å². The minimum absolute atomic E-state index is 0.0577. The van der Waals surface area contributed by atoms with Crippen molar-refractivity contribution in [3.63, 3.8) is 0 Å². The van der Waals surface area contributed by atoms with Crippen molar-refractivity contribution in [2.75, 3.05) is 0 Å². The number of halogens is 3. The first kappa shape index (κ1) is 16.1. The molecule has 0 unspecified atom stereocenters. The maximum Gasteiger partial charge on any atom is 0.416 e. The lowest BCUT2D eigenvalue weighted by Crippen LogP contribution is -2.17. The molecule has 0 amide bonds. The molecule has 0 spiro atoms. The molecule has 0 N–H and O–H groups in total. The summed E-state index contributed by atoms with van der Waals surface area (Å²) in [7, 11) is 0. The highest BCUT2D eigenvalue weighted by molar-refractivity contribution is 5.29. The molecule has 108 valence electrons. The summed E-state index contributed by atoms with van der Waals surface area (Å²) in [5.41, 5.74) is 0.354. The van der Waals surface area contributed by atoms with Gasteiger partial charge in [-0.25, -0.2) is 0 Å². The van der Waals surface area contributed by atoms with Crippen LogP contribution in [0.5, 0.6) is 0 Å². The second-order valence-corrected chi connectivity index (χ2v) is 5.77. The second-order valence-electron chi connectivity index (χ2n) is 5.77. The molecular formula is C16H23F3. The van der Waals surface area contributed by atoms with Crippen LogP contribution in [0.3, 0.4) is 0 Å². The van der Waals surface area contributed by atoms with E-state index in [-0.39, 0.29) is 5.41 Å². The Morgan fingerprint density at radius 2 is 1.37 bits per heavy atom. The van der Waals surface area contributed by atoms with Crippen LogP contribution in [0.1, 0.15) is 64.0 Å². The third-order valence-corrected chi connectivity index (χ3v) is 3.65. The van der Waals surface area contributed by atoms with Gasteiger partial charge in [-0.1, -0.05) is 58.6 Å². The minimum atomic E-state index is -4.25. The molecule has 19 heavy (non-hydrogen) atoms. The highest BCUT2D eigenvalue weighted by atomic mass is 19.4. The van der Waals surface area contributed by atoms with E-state index in [1.165, 1.54) is 31.4 Å². The van der Waals surface area contributed by atoms with Crippen LogP contribution in [-0.4, -0.2) is 0 Å². The van der Waals surface area contributed by atoms with Gasteiger partial charge in [-0.15, -0.1) is 0 Å². The van der Waals surface area contributed by atoms with Crippen LogP contribution in [0.25, 0.3) is 0 Å². The number of unbranched alkanes of at least 4 members (excludes halogenated alkanes) is 3. The highest BCUT2D eigenvalue weighted by Gasteiger charge is 2.30. The summed E-state index contributed by atoms with van der Waals surface area (Å²) >= 11 is 0. The molecule has 0 aliphatic heterocycles. The first-order chi connectivity index (χ1) is 8.77. The number of rotatable bonds is 6. The molecule has 1 rings (SSSR count). The first-order valence-electron chi connectivity index (χ1n) is 6.95. The van der Waals surface area contributed by atoms with E-state index in [0.29, 0.717) is 0 Å². The van der Waals surface area contributed by atoms with Gasteiger partial charge >= 0.3 is 6.18 Å². The molecule has 0 aliphatic rings. The van der Waals surface area contributed by atoms with Crippen molar-refractivity contribution in [2.24, 2.45) is 0 Å². The summed E-state index contributed by atoms with van der Waals surface area (Å²) in [6.45, 7) is 6.37. The molecule has 0 fully saturated rings. The van der Waals surface area contributed by atoms with Gasteiger partial charge in [0.15, 0.2) is 0 Å². The molecule has 0 nitrogen and oxygen atoms in total. The smallest absolute Gasteiger partial charge is 0.166 e. The maximum absolute atomic E-state index is 12.5. The number of benzene rings is 1. The Labute approximate surface area is 114 Å². The Morgan fingerprint density at radius 1 is 0.842 bits per heavy atom. The summed E-state index contributed by atoms with van der Waals surface area (Å²) in [5.74, 6) is 0. The zero-order chi connectivity index (χ0) is 14.5. The molecule has 0 atom stereocenters. The quantitative estimate of drug-likeness (QED) is 0.561. The van der Waals surface area contributed by atoms with Gasteiger partial charge in [0.25, 0.3) is 0 Å². The lowest BCUT2D eigenvalue weighted by Gasteiger charge is -2.25. The fourth-order valence-corrected chi connectivity index (χ4v) is 2.25. The van der Waals surface area contributed by atoms with Gasteiger partial charge in [-0.2, -0.15) is 13.2 Å². The molecule has 1 aromatic rings. The summed E-state index contributed by atoms with van der Waals surface area (Å²) in [5, 5.41) is 0. The SMILES string of the molecule is CCCCCCC(C)(C)c1ccc(C(F)(F)F)cc1. The predicted octanol–water partition coefficient (Wildman–Crippen LogP) is 5.95. The fourth-order valence-electron chi connectivity index (χ4n) is 2.25. The number of alkyl halides is 3. The molecule has 0 heterocycles. The van der Waals surface area contributed by atoms with Crippen LogP contribution >= 0.6 is 0 Å². The third-order valence-electron chi connectivity index (χ3n) is 3.65. The van der Waals surface area contributed by atoms with Crippen molar-refractivity contribution in [3.8, 4) is 0 Å². The van der Waals surface area contributed by atoms with E-state index < -0.39 is 11.7 Å². The molecule has 0 aliphatic carbocycles. The van der Waals surface area contributed by atoms with Gasteiger partial charge in [-0.3, -0.25) is 0 Å². The Hall–Kier alpha value is -0.990. The van der Waals surface area contributed by atoms with Crippen LogP contribution in [0.4, 0.5) is 13.2 Å². The minimum Gasteiger partial charge on any atom is -0.166 e. The molecular weight excluding hydrogens is 249 g/mol. The summed E-state index contributed by atoms with van der Waals surface area (Å²) in [4.78, 5) is 0. The van der Waals surface area contributed by atoms with Crippen molar-refractivity contribution in [1.82, 2.24) is 0 Å². The lowest BCUT2D eigenvalue weighted by molar-refractivity contribution is -0.137. The number of hydrogen-bond donors (Lipinski definition) is 0. The van der Waals surface area contributed by atoms with Crippen LogP contribution in [0, 0.1) is 0 Å². The predicted molar refractivity (Wildman–Crippen MR) is 73.2 cm³/mol. The molecule has 1 aromatic carbocycles. The molecule has 3 heteroatoms. The first-order valence-corrected chi connectivity index (χ1v) is 6.95. The molecule has 0 radical (unpaired) electrons. The molecule has 0 aromatic heterocycles. The van der Waals surface area contributed by atoms with E-state index in [0.717, 1.165) is 18.4 Å². The average Bonchev–Trinajstić information content (AvgIpc) is 2.34. The van der Waals surface area contributed by atoms with Gasteiger partial charge in [0.05, 0.1) is 5.56 Å². The largest absolute Gasteiger partial charge is 0.416 e. The van der Waals surface area contributed by atoms with E-state index >= 15 is 0 Å². The van der Waals surface area contributed by atoms with Crippen molar-refractivity contribution in [1.29, 1.82) is 0 Å². The second kappa shape index (κ2) is 6.44. The van der Waals surface area contributed by atoms with E-state index in [4.69, 9.17) is 0 Å². The van der Waals surface area contributed by atoms with E-state index in [9.17, 15) is 13.2 Å². The Kier molecular flexibility index (Phi) is 5.45. The maximum atomic E-state index is 12.5. The van der Waals surface area contributed by atoms with Crippen molar-refractivity contribution >= 4 is 0 Å². The van der Waals surface area contributed by atoms with E-state index in [1.807, 2.05) is 0 Å². The normalized spacial score (nSPS) is 12.7. The van der Waals surface area contributed by atoms with Crippen LogP contribution in [0.15, 0.2) is 24.3 Å². The lowest BCUT2D eigenvalue weighted by atomic mass is 9.80. The van der Waals surface area contributed by atoms with Gasteiger partial charge in [0.2, 0.25) is 0 Å². The zero-order valence-electron chi connectivity index (χ0n) is 12.0. The van der Waals surface area contributed by atoms with Crippen LogP contribution in [0.2, 0.25) is 0 Å². The van der Waals surface area contributed by atoms with Crippen LogP contribution in [-0.2, 0) is 11.6 Å². The molecule has 0 bridgehead atoms. The van der Waals surface area contributed by atoms with E-state index in [1.54, 1.807) is 12.1 Å². The Morgan fingerprint density at radius 3 is 1.84 bits per heavy atom. The molecule has 0 saturated heterocycles. The van der Waals surface area contributed by atoms with Crippen molar-refractivity contribution < 1.29 is 13.2 Å². The van der Waals surface area contributed by atoms with E-state index in [2.05, 4.69) is 20.8 Å². The summed E-state index contributed by atoms with van der Waals surface area (Å²) < 4.78 is 37.5. The Bertz CT molecular complexity index is 374. The summed E-state index contributed by atoms with van der Waals surface area (Å²) in [6.07, 6.45) is 1.51. The Balaban J connectivity index is 2.68. The van der Waals surface area contributed by atoms with Crippen molar-refractivity contribution in [3.05, 3.63) is 35.4 Å². The van der Waals surface area contributed by atoms with Gasteiger partial charge in [-0.05, 0) is 29.5 Å². The highest BCUT2D eigenvalue weighted by Crippen LogP contribution is 2.33. The monoisotopic (exact) mass is 272 g/mol. The number of hydrogen-bond acceptors (Lipinski definition) is 0. The zero-order valence-corrected chi connectivity index (χ0v) is 12.0. The molecule has 0 saturated carbocycles. The fraction of sp³-hybridized carbons (Fsp3) is 0.625.